The molecule has 4 rings (SSSR count). The molecule has 0 radical (unpaired) electrons. The van der Waals surface area contributed by atoms with Gasteiger partial charge >= 0.3 is 0 Å². The van der Waals surface area contributed by atoms with Gasteiger partial charge in [-0.1, -0.05) is 0 Å². The van der Waals surface area contributed by atoms with Gasteiger partial charge in [-0.05, 0) is 23.6 Å². The lowest BCUT2D eigenvalue weighted by atomic mass is 10.1. The van der Waals surface area contributed by atoms with E-state index in [4.69, 9.17) is 9.47 Å². The maximum atomic E-state index is 9.43. The summed E-state index contributed by atoms with van der Waals surface area (Å²) < 4.78 is 11.2. The molecule has 2 aliphatic heterocycles. The zero-order valence-corrected chi connectivity index (χ0v) is 10.4. The highest BCUT2D eigenvalue weighted by Gasteiger charge is 2.27. The van der Waals surface area contributed by atoms with E-state index in [0.29, 0.717) is 26.3 Å². The van der Waals surface area contributed by atoms with Gasteiger partial charge in [0.1, 0.15) is 19.0 Å². The number of nitrogens with zero attached hydrogens (tertiary/aromatic N) is 2. The van der Waals surface area contributed by atoms with E-state index < -0.39 is 0 Å². The van der Waals surface area contributed by atoms with Crippen molar-refractivity contribution in [3.63, 3.8) is 0 Å². The third-order valence-corrected chi connectivity index (χ3v) is 3.57. The summed E-state index contributed by atoms with van der Waals surface area (Å²) >= 11 is 0. The van der Waals surface area contributed by atoms with Crippen LogP contribution in [0.2, 0.25) is 0 Å². The molecule has 0 amide bonds. The fourth-order valence-corrected chi connectivity index (χ4v) is 2.57. The van der Waals surface area contributed by atoms with E-state index in [-0.39, 0.29) is 6.10 Å². The van der Waals surface area contributed by atoms with E-state index in [2.05, 4.69) is 9.88 Å². The van der Waals surface area contributed by atoms with Crippen molar-refractivity contribution in [2.75, 3.05) is 31.2 Å². The quantitative estimate of drug-likeness (QED) is 0.832. The van der Waals surface area contributed by atoms with Gasteiger partial charge in [0, 0.05) is 24.7 Å². The molecule has 5 heteroatoms. The number of ether oxygens (including phenoxy) is 2. The van der Waals surface area contributed by atoms with E-state index in [1.165, 1.54) is 0 Å². The number of aliphatic hydroxyl groups excluding tert-OH is 1. The highest BCUT2D eigenvalue weighted by Crippen LogP contribution is 2.38. The van der Waals surface area contributed by atoms with Crippen molar-refractivity contribution in [3.05, 3.63) is 24.4 Å². The summed E-state index contributed by atoms with van der Waals surface area (Å²) in [5.74, 6) is 2.47. The molecule has 1 N–H and O–H groups in total. The fraction of sp³-hybridized carbons (Fsp3) is 0.357. The van der Waals surface area contributed by atoms with Crippen molar-refractivity contribution < 1.29 is 14.6 Å². The van der Waals surface area contributed by atoms with Crippen molar-refractivity contribution in [1.29, 1.82) is 0 Å². The number of hydrogen-bond donors (Lipinski definition) is 1. The number of rotatable bonds is 1. The molecule has 3 heterocycles. The molecule has 0 spiro atoms. The predicted molar refractivity (Wildman–Crippen MR) is 71.0 cm³/mol. The molecule has 0 unspecified atom stereocenters. The Morgan fingerprint density at radius 2 is 1.89 bits per heavy atom. The Morgan fingerprint density at radius 3 is 2.63 bits per heavy atom. The number of aromatic nitrogens is 1. The first kappa shape index (κ1) is 10.9. The summed E-state index contributed by atoms with van der Waals surface area (Å²) in [6.45, 7) is 2.45. The van der Waals surface area contributed by atoms with Crippen LogP contribution >= 0.6 is 0 Å². The van der Waals surface area contributed by atoms with E-state index in [1.54, 1.807) is 6.20 Å². The maximum absolute atomic E-state index is 9.43. The van der Waals surface area contributed by atoms with Gasteiger partial charge in [0.05, 0.1) is 6.10 Å². The SMILES string of the molecule is OC1CN(c2nccc3cc4c(cc23)OCCO4)C1. The first-order chi connectivity index (χ1) is 9.31. The molecule has 1 fully saturated rings. The zero-order valence-electron chi connectivity index (χ0n) is 10.4. The monoisotopic (exact) mass is 258 g/mol. The Kier molecular flexibility index (Phi) is 2.29. The lowest BCUT2D eigenvalue weighted by Crippen LogP contribution is -2.51. The average molecular weight is 258 g/mol. The molecule has 1 saturated heterocycles. The predicted octanol–water partition coefficient (Wildman–Crippen LogP) is 1.19. The highest BCUT2D eigenvalue weighted by atomic mass is 16.6. The standard InChI is InChI=1S/C14H14N2O3/c17-10-7-16(8-10)14-11-6-13-12(18-3-4-19-13)5-9(11)1-2-15-14/h1-2,5-6,10,17H,3-4,7-8H2. The molecule has 0 aliphatic carbocycles. The van der Waals surface area contributed by atoms with Gasteiger partial charge in [0.25, 0.3) is 0 Å². The minimum absolute atomic E-state index is 0.241. The second-order valence-corrected chi connectivity index (χ2v) is 4.91. The fourth-order valence-electron chi connectivity index (χ4n) is 2.57. The van der Waals surface area contributed by atoms with Crippen molar-refractivity contribution in [3.8, 4) is 11.5 Å². The van der Waals surface area contributed by atoms with Gasteiger partial charge in [-0.15, -0.1) is 0 Å². The number of pyridine rings is 1. The molecular weight excluding hydrogens is 244 g/mol. The van der Waals surface area contributed by atoms with Crippen LogP contribution in [0.5, 0.6) is 11.5 Å². The van der Waals surface area contributed by atoms with Crippen LogP contribution in [-0.2, 0) is 0 Å². The highest BCUT2D eigenvalue weighted by molar-refractivity contribution is 5.95. The van der Waals surface area contributed by atoms with Crippen LogP contribution in [0.4, 0.5) is 5.82 Å². The minimum Gasteiger partial charge on any atom is -0.486 e. The Balaban J connectivity index is 1.85. The summed E-state index contributed by atoms with van der Waals surface area (Å²) in [6.07, 6.45) is 1.55. The van der Waals surface area contributed by atoms with E-state index in [1.807, 2.05) is 18.2 Å². The van der Waals surface area contributed by atoms with Gasteiger partial charge in [-0.25, -0.2) is 4.98 Å². The van der Waals surface area contributed by atoms with Crippen LogP contribution < -0.4 is 14.4 Å². The second-order valence-electron chi connectivity index (χ2n) is 4.91. The van der Waals surface area contributed by atoms with Gasteiger partial charge in [0.2, 0.25) is 0 Å². The Hall–Kier alpha value is -2.01. The summed E-state index contributed by atoms with van der Waals surface area (Å²) in [7, 11) is 0. The lowest BCUT2D eigenvalue weighted by molar-refractivity contribution is 0.141. The summed E-state index contributed by atoms with van der Waals surface area (Å²) in [4.78, 5) is 6.50. The van der Waals surface area contributed by atoms with Crippen molar-refractivity contribution in [2.24, 2.45) is 0 Å². The van der Waals surface area contributed by atoms with E-state index in [9.17, 15) is 5.11 Å². The molecular formula is C14H14N2O3. The van der Waals surface area contributed by atoms with Crippen molar-refractivity contribution in [2.45, 2.75) is 6.10 Å². The average Bonchev–Trinajstić information content (AvgIpc) is 2.41. The Morgan fingerprint density at radius 1 is 1.16 bits per heavy atom. The minimum atomic E-state index is -0.241. The molecule has 5 nitrogen and oxygen atoms in total. The molecule has 1 aromatic heterocycles. The Labute approximate surface area is 110 Å². The van der Waals surface area contributed by atoms with Crippen LogP contribution in [-0.4, -0.2) is 42.5 Å². The molecule has 0 bridgehead atoms. The van der Waals surface area contributed by atoms with Crippen LogP contribution in [0.15, 0.2) is 24.4 Å². The number of fused-ring (bicyclic) bond motifs is 2. The van der Waals surface area contributed by atoms with Crippen LogP contribution in [0.25, 0.3) is 10.8 Å². The van der Waals surface area contributed by atoms with E-state index in [0.717, 1.165) is 28.1 Å². The largest absolute Gasteiger partial charge is 0.486 e. The number of hydrogen-bond acceptors (Lipinski definition) is 5. The van der Waals surface area contributed by atoms with Crippen LogP contribution in [0.3, 0.4) is 0 Å². The normalized spacial score (nSPS) is 18.5. The van der Waals surface area contributed by atoms with Gasteiger partial charge in [0.15, 0.2) is 11.5 Å². The topological polar surface area (TPSA) is 54.8 Å². The van der Waals surface area contributed by atoms with Crippen molar-refractivity contribution in [1.82, 2.24) is 4.98 Å². The number of β-amino-alcohol motifs (C(OH)–C–C–N with tert-alkyl or cyclic N) is 1. The number of aliphatic hydroxyl groups is 1. The number of anilines is 1. The molecule has 2 aromatic rings. The van der Waals surface area contributed by atoms with Gasteiger partial charge in [-0.3, -0.25) is 0 Å². The third-order valence-electron chi connectivity index (χ3n) is 3.57. The summed E-state index contributed by atoms with van der Waals surface area (Å²) in [5, 5.41) is 11.5. The molecule has 1 aromatic carbocycles. The third kappa shape index (κ3) is 1.69. The molecule has 2 aliphatic rings. The first-order valence-corrected chi connectivity index (χ1v) is 6.42. The van der Waals surface area contributed by atoms with Gasteiger partial charge < -0.3 is 19.5 Å². The van der Waals surface area contributed by atoms with E-state index >= 15 is 0 Å². The second kappa shape index (κ2) is 3.99. The molecule has 98 valence electrons. The maximum Gasteiger partial charge on any atom is 0.162 e. The summed E-state index contributed by atoms with van der Waals surface area (Å²) in [5.41, 5.74) is 0. The van der Waals surface area contributed by atoms with Crippen molar-refractivity contribution >= 4 is 16.6 Å². The number of benzene rings is 1. The van der Waals surface area contributed by atoms with Crippen LogP contribution in [0, 0.1) is 0 Å². The Bertz CT molecular complexity index is 638. The smallest absolute Gasteiger partial charge is 0.162 e. The summed E-state index contributed by atoms with van der Waals surface area (Å²) in [6, 6.07) is 5.94. The van der Waals surface area contributed by atoms with Crippen LogP contribution in [0.1, 0.15) is 0 Å². The molecule has 0 atom stereocenters. The first-order valence-electron chi connectivity index (χ1n) is 6.42. The van der Waals surface area contributed by atoms with Gasteiger partial charge in [-0.2, -0.15) is 0 Å². The zero-order chi connectivity index (χ0) is 12.8. The molecule has 0 saturated carbocycles. The molecule has 19 heavy (non-hydrogen) atoms. The lowest BCUT2D eigenvalue weighted by Gasteiger charge is -2.37.